The first-order valence-corrected chi connectivity index (χ1v) is 9.27. The SMILES string of the molecule is CC(C)c1cn[nH]c1NC(=O)CC1(O)CCCN(Cc2ccccc2)C1. The van der Waals surface area contributed by atoms with Crippen molar-refractivity contribution in [3.05, 3.63) is 47.7 Å². The Hall–Kier alpha value is -2.18. The molecule has 0 radical (unpaired) electrons. The van der Waals surface area contributed by atoms with Crippen LogP contribution in [-0.2, 0) is 11.3 Å². The lowest BCUT2D eigenvalue weighted by molar-refractivity contribution is -0.123. The maximum atomic E-state index is 12.5. The first kappa shape index (κ1) is 18.6. The normalized spacial score (nSPS) is 21.1. The molecule has 1 aromatic heterocycles. The van der Waals surface area contributed by atoms with Gasteiger partial charge in [0.25, 0.3) is 0 Å². The molecule has 6 heteroatoms. The minimum absolute atomic E-state index is 0.0921. The third kappa shape index (κ3) is 4.71. The fourth-order valence-electron chi connectivity index (χ4n) is 3.64. The van der Waals surface area contributed by atoms with Gasteiger partial charge < -0.3 is 10.4 Å². The van der Waals surface area contributed by atoms with Crippen molar-refractivity contribution in [3.8, 4) is 0 Å². The number of anilines is 1. The van der Waals surface area contributed by atoms with Gasteiger partial charge in [0.15, 0.2) is 0 Å². The number of likely N-dealkylation sites (tertiary alicyclic amines) is 1. The van der Waals surface area contributed by atoms with E-state index in [-0.39, 0.29) is 18.2 Å². The number of rotatable bonds is 6. The van der Waals surface area contributed by atoms with Gasteiger partial charge in [-0.1, -0.05) is 44.2 Å². The molecule has 0 aliphatic carbocycles. The van der Waals surface area contributed by atoms with Crippen LogP contribution in [0.15, 0.2) is 36.5 Å². The van der Waals surface area contributed by atoms with Gasteiger partial charge in [0.1, 0.15) is 5.82 Å². The molecule has 1 aliphatic heterocycles. The van der Waals surface area contributed by atoms with Crippen LogP contribution in [0.25, 0.3) is 0 Å². The fraction of sp³-hybridized carbons (Fsp3) is 0.500. The van der Waals surface area contributed by atoms with Crippen LogP contribution in [0.2, 0.25) is 0 Å². The van der Waals surface area contributed by atoms with E-state index in [2.05, 4.69) is 46.4 Å². The van der Waals surface area contributed by atoms with Gasteiger partial charge in [-0.05, 0) is 30.9 Å². The number of H-pyrrole nitrogens is 1. The maximum Gasteiger partial charge on any atom is 0.228 e. The molecule has 26 heavy (non-hydrogen) atoms. The predicted octanol–water partition coefficient (Wildman–Crippen LogP) is 2.89. The Kier molecular flexibility index (Phi) is 5.74. The summed E-state index contributed by atoms with van der Waals surface area (Å²) in [6.07, 6.45) is 3.36. The Labute approximate surface area is 154 Å². The second-order valence-electron chi connectivity index (χ2n) is 7.60. The molecular formula is C20H28N4O2. The number of piperidine rings is 1. The number of carbonyl (C=O) groups is 1. The monoisotopic (exact) mass is 356 g/mol. The second kappa shape index (κ2) is 8.01. The van der Waals surface area contributed by atoms with Crippen molar-refractivity contribution in [2.75, 3.05) is 18.4 Å². The van der Waals surface area contributed by atoms with Crippen molar-refractivity contribution < 1.29 is 9.90 Å². The minimum Gasteiger partial charge on any atom is -0.388 e. The summed E-state index contributed by atoms with van der Waals surface area (Å²) >= 11 is 0. The van der Waals surface area contributed by atoms with Crippen LogP contribution in [0, 0.1) is 0 Å². The number of aliphatic hydroxyl groups is 1. The van der Waals surface area contributed by atoms with Gasteiger partial charge in [-0.2, -0.15) is 5.10 Å². The van der Waals surface area contributed by atoms with E-state index in [9.17, 15) is 9.90 Å². The summed E-state index contributed by atoms with van der Waals surface area (Å²) in [5, 5.41) is 20.7. The fourth-order valence-corrected chi connectivity index (χ4v) is 3.64. The molecule has 2 heterocycles. The van der Waals surface area contributed by atoms with Gasteiger partial charge in [-0.15, -0.1) is 0 Å². The smallest absolute Gasteiger partial charge is 0.228 e. The molecule has 1 unspecified atom stereocenters. The van der Waals surface area contributed by atoms with Crippen molar-refractivity contribution in [3.63, 3.8) is 0 Å². The molecule has 1 saturated heterocycles. The second-order valence-corrected chi connectivity index (χ2v) is 7.60. The highest BCUT2D eigenvalue weighted by Crippen LogP contribution is 2.27. The largest absolute Gasteiger partial charge is 0.388 e. The number of nitrogens with zero attached hydrogens (tertiary/aromatic N) is 2. The number of nitrogens with one attached hydrogen (secondary N) is 2. The number of carbonyl (C=O) groups excluding carboxylic acids is 1. The van der Waals surface area contributed by atoms with Crippen molar-refractivity contribution in [1.29, 1.82) is 0 Å². The van der Waals surface area contributed by atoms with E-state index in [1.807, 2.05) is 18.2 Å². The third-order valence-corrected chi connectivity index (χ3v) is 4.93. The van der Waals surface area contributed by atoms with E-state index in [4.69, 9.17) is 0 Å². The quantitative estimate of drug-likeness (QED) is 0.743. The lowest BCUT2D eigenvalue weighted by atomic mass is 9.89. The molecule has 1 aromatic carbocycles. The highest BCUT2D eigenvalue weighted by atomic mass is 16.3. The number of hydrogen-bond donors (Lipinski definition) is 3. The van der Waals surface area contributed by atoms with Crippen LogP contribution in [0.5, 0.6) is 0 Å². The molecule has 1 amide bonds. The Balaban J connectivity index is 1.59. The highest BCUT2D eigenvalue weighted by molar-refractivity contribution is 5.91. The van der Waals surface area contributed by atoms with Crippen molar-refractivity contribution in [2.45, 2.75) is 51.2 Å². The standard InChI is InChI=1S/C20H28N4O2/c1-15(2)17-12-21-23-19(17)22-18(25)11-20(26)9-6-10-24(14-20)13-16-7-4-3-5-8-16/h3-5,7-8,12,15,26H,6,9-11,13-14H2,1-2H3,(H2,21,22,23,25). The summed E-state index contributed by atoms with van der Waals surface area (Å²) in [6, 6.07) is 10.2. The Morgan fingerprint density at radius 2 is 2.15 bits per heavy atom. The molecule has 3 rings (SSSR count). The summed E-state index contributed by atoms with van der Waals surface area (Å²) in [4.78, 5) is 14.7. The number of β-amino-alcohol motifs (C(OH)–C–C–N with tert-alkyl or cyclic N) is 1. The Bertz CT molecular complexity index is 728. The molecule has 0 spiro atoms. The average Bonchev–Trinajstić information content (AvgIpc) is 3.03. The van der Waals surface area contributed by atoms with Crippen LogP contribution < -0.4 is 5.32 Å². The Morgan fingerprint density at radius 3 is 2.88 bits per heavy atom. The highest BCUT2D eigenvalue weighted by Gasteiger charge is 2.35. The van der Waals surface area contributed by atoms with E-state index in [0.717, 1.165) is 25.1 Å². The van der Waals surface area contributed by atoms with Gasteiger partial charge in [-0.25, -0.2) is 0 Å². The molecule has 140 valence electrons. The first-order chi connectivity index (χ1) is 12.5. The van der Waals surface area contributed by atoms with E-state index in [1.54, 1.807) is 6.20 Å². The van der Waals surface area contributed by atoms with Crippen molar-refractivity contribution in [1.82, 2.24) is 15.1 Å². The van der Waals surface area contributed by atoms with Crippen molar-refractivity contribution >= 4 is 11.7 Å². The zero-order valence-corrected chi connectivity index (χ0v) is 15.5. The lowest BCUT2D eigenvalue weighted by Crippen LogP contribution is -2.49. The van der Waals surface area contributed by atoms with Crippen LogP contribution in [0.1, 0.15) is 50.2 Å². The summed E-state index contributed by atoms with van der Waals surface area (Å²) in [7, 11) is 0. The van der Waals surface area contributed by atoms with E-state index < -0.39 is 5.60 Å². The van der Waals surface area contributed by atoms with Gasteiger partial charge in [0, 0.05) is 18.7 Å². The molecule has 0 saturated carbocycles. The molecular weight excluding hydrogens is 328 g/mol. The third-order valence-electron chi connectivity index (χ3n) is 4.93. The average molecular weight is 356 g/mol. The van der Waals surface area contributed by atoms with E-state index in [0.29, 0.717) is 18.8 Å². The van der Waals surface area contributed by atoms with E-state index in [1.165, 1.54) is 5.56 Å². The summed E-state index contributed by atoms with van der Waals surface area (Å²) in [5.74, 6) is 0.717. The number of benzene rings is 1. The molecule has 1 fully saturated rings. The topological polar surface area (TPSA) is 81.2 Å². The zero-order valence-electron chi connectivity index (χ0n) is 15.5. The summed E-state index contributed by atoms with van der Waals surface area (Å²) in [5.41, 5.74) is 1.20. The van der Waals surface area contributed by atoms with Crippen LogP contribution in [-0.4, -0.2) is 44.8 Å². The minimum atomic E-state index is -0.991. The number of aromatic amines is 1. The molecule has 6 nitrogen and oxygen atoms in total. The van der Waals surface area contributed by atoms with E-state index >= 15 is 0 Å². The van der Waals surface area contributed by atoms with Crippen LogP contribution in [0.4, 0.5) is 5.82 Å². The Morgan fingerprint density at radius 1 is 1.38 bits per heavy atom. The van der Waals surface area contributed by atoms with Gasteiger partial charge in [-0.3, -0.25) is 14.8 Å². The molecule has 1 atom stereocenters. The van der Waals surface area contributed by atoms with Crippen LogP contribution in [0.3, 0.4) is 0 Å². The van der Waals surface area contributed by atoms with Crippen LogP contribution >= 0.6 is 0 Å². The number of amides is 1. The van der Waals surface area contributed by atoms with Crippen molar-refractivity contribution in [2.24, 2.45) is 0 Å². The maximum absolute atomic E-state index is 12.5. The lowest BCUT2D eigenvalue weighted by Gasteiger charge is -2.39. The molecule has 2 aromatic rings. The molecule has 0 bridgehead atoms. The number of aromatic nitrogens is 2. The predicted molar refractivity (Wildman–Crippen MR) is 102 cm³/mol. The first-order valence-electron chi connectivity index (χ1n) is 9.27. The van der Waals surface area contributed by atoms with Gasteiger partial charge in [0.2, 0.25) is 5.91 Å². The zero-order chi connectivity index (χ0) is 18.6. The summed E-state index contributed by atoms with van der Waals surface area (Å²) < 4.78 is 0. The molecule has 3 N–H and O–H groups in total. The number of hydrogen-bond acceptors (Lipinski definition) is 4. The summed E-state index contributed by atoms with van der Waals surface area (Å²) in [6.45, 7) is 6.35. The van der Waals surface area contributed by atoms with Gasteiger partial charge >= 0.3 is 0 Å². The van der Waals surface area contributed by atoms with Gasteiger partial charge in [0.05, 0.1) is 18.2 Å². The molecule has 1 aliphatic rings.